The summed E-state index contributed by atoms with van der Waals surface area (Å²) < 4.78 is 54.1. The Bertz CT molecular complexity index is 2700. The Labute approximate surface area is 406 Å². The lowest BCUT2D eigenvalue weighted by Gasteiger charge is -2.40. The van der Waals surface area contributed by atoms with E-state index in [0.29, 0.717) is 34.1 Å². The van der Waals surface area contributed by atoms with Gasteiger partial charge in [-0.15, -0.1) is 0 Å². The molecule has 2 aromatic heterocycles. The highest BCUT2D eigenvalue weighted by Gasteiger charge is 2.56. The van der Waals surface area contributed by atoms with E-state index in [1.54, 1.807) is 67.9 Å². The van der Waals surface area contributed by atoms with Gasteiger partial charge in [0.05, 0.1) is 46.5 Å². The maximum Gasteiger partial charge on any atom is 0.256 e. The number of ether oxygens (including phenoxy) is 6. The fraction of sp³-hybridized carbons (Fsp3) is 0.373. The largest absolute Gasteiger partial charge is 0.497 e. The van der Waals surface area contributed by atoms with Crippen LogP contribution in [-0.4, -0.2) is 95.7 Å². The van der Waals surface area contributed by atoms with Crippen molar-refractivity contribution in [3.63, 3.8) is 0 Å². The number of amides is 1. The summed E-state index contributed by atoms with van der Waals surface area (Å²) in [5.74, 6) is 1.64. The number of hydrogen-bond donors (Lipinski definition) is 1. The van der Waals surface area contributed by atoms with E-state index < -0.39 is 35.8 Å². The van der Waals surface area contributed by atoms with Gasteiger partial charge < -0.3 is 42.8 Å². The van der Waals surface area contributed by atoms with Gasteiger partial charge in [0.1, 0.15) is 41.7 Å². The number of fused-ring (bicyclic) bond motifs is 2. The Morgan fingerprint density at radius 3 is 2.18 bits per heavy atom. The molecule has 356 valence electrons. The summed E-state index contributed by atoms with van der Waals surface area (Å²) >= 11 is 8.01. The molecule has 0 spiro atoms. The Morgan fingerprint density at radius 1 is 0.897 bits per heavy atom. The molecule has 3 fully saturated rings. The van der Waals surface area contributed by atoms with E-state index in [0.717, 1.165) is 41.5 Å². The normalized spacial score (nSPS) is 25.8. The lowest BCUT2D eigenvalue weighted by molar-refractivity contribution is -0.128. The number of carbonyl (C=O) groups excluding carboxylic acids is 1. The summed E-state index contributed by atoms with van der Waals surface area (Å²) in [6.45, 7) is 9.09. The summed E-state index contributed by atoms with van der Waals surface area (Å²) in [5, 5.41) is 2.92. The predicted molar refractivity (Wildman–Crippen MR) is 266 cm³/mol. The van der Waals surface area contributed by atoms with Crippen molar-refractivity contribution in [1.82, 2.24) is 19.5 Å². The molecule has 1 aliphatic carbocycles. The van der Waals surface area contributed by atoms with Gasteiger partial charge in [0, 0.05) is 17.4 Å². The quantitative estimate of drug-likeness (QED) is 0.0377. The lowest BCUT2D eigenvalue weighted by atomic mass is 9.77. The zero-order valence-corrected chi connectivity index (χ0v) is 41.2. The van der Waals surface area contributed by atoms with Crippen LogP contribution in [0, 0.1) is 5.92 Å². The van der Waals surface area contributed by atoms with Gasteiger partial charge in [0.25, 0.3) is 5.91 Å². The van der Waals surface area contributed by atoms with Crippen LogP contribution in [0.15, 0.2) is 134 Å². The average molecular weight is 978 g/mol. The number of aromatic nitrogens is 4. The first-order valence-electron chi connectivity index (χ1n) is 22.6. The summed E-state index contributed by atoms with van der Waals surface area (Å²) in [4.78, 5) is 27.3. The fourth-order valence-electron chi connectivity index (χ4n) is 9.39. The fourth-order valence-corrected chi connectivity index (χ4v) is 16.5. The highest BCUT2D eigenvalue weighted by molar-refractivity contribution is 8.68. The number of rotatable bonds is 18. The van der Waals surface area contributed by atoms with E-state index >= 15 is 0 Å². The van der Waals surface area contributed by atoms with Crippen molar-refractivity contribution in [2.45, 2.75) is 74.1 Å². The van der Waals surface area contributed by atoms with Crippen LogP contribution in [0.3, 0.4) is 0 Å². The molecule has 0 bridgehead atoms. The molecule has 1 saturated carbocycles. The van der Waals surface area contributed by atoms with Crippen LogP contribution < -0.4 is 14.8 Å². The first kappa shape index (κ1) is 48.0. The third-order valence-electron chi connectivity index (χ3n) is 13.1. The molecule has 9 rings (SSSR count). The molecule has 2 aliphatic heterocycles. The summed E-state index contributed by atoms with van der Waals surface area (Å²) in [5.41, 5.74) is 0.680. The number of benzene rings is 4. The third kappa shape index (κ3) is 9.63. The number of allylic oxidation sites excluding steroid dienone is 1. The number of nitrogens with zero attached hydrogens (tertiary/aromatic N) is 4. The molecule has 4 aromatic carbocycles. The molecule has 6 aromatic rings. The first-order chi connectivity index (χ1) is 33.0. The zero-order valence-electron chi connectivity index (χ0n) is 38.7. The molecular weight excluding hydrogens is 922 g/mol. The lowest BCUT2D eigenvalue weighted by Crippen LogP contribution is -2.46. The molecule has 17 heteroatoms. The average Bonchev–Trinajstić information content (AvgIpc) is 4.03. The Morgan fingerprint density at radius 2 is 1.54 bits per heavy atom. The van der Waals surface area contributed by atoms with E-state index in [-0.39, 0.29) is 42.4 Å². The molecule has 1 amide bonds. The van der Waals surface area contributed by atoms with Gasteiger partial charge in [0.15, 0.2) is 23.2 Å². The van der Waals surface area contributed by atoms with Crippen molar-refractivity contribution in [2.24, 2.45) is 5.92 Å². The maximum atomic E-state index is 13.4. The molecule has 3 aliphatic rings. The van der Waals surface area contributed by atoms with Crippen molar-refractivity contribution in [2.75, 3.05) is 46.5 Å². The molecule has 1 N–H and O–H groups in total. The second-order valence-electron chi connectivity index (χ2n) is 17.4. The zero-order chi connectivity index (χ0) is 47.5. The summed E-state index contributed by atoms with van der Waals surface area (Å²) in [7, 11) is 4.91. The summed E-state index contributed by atoms with van der Waals surface area (Å²) in [6, 6.07) is 34.7. The van der Waals surface area contributed by atoms with Crippen molar-refractivity contribution >= 4 is 51.8 Å². The van der Waals surface area contributed by atoms with Gasteiger partial charge in [-0.3, -0.25) is 9.36 Å². The minimum Gasteiger partial charge on any atom is -0.497 e. The summed E-state index contributed by atoms with van der Waals surface area (Å²) in [6.07, 6.45) is 2.35. The minimum atomic E-state index is -2.91. The molecule has 14 nitrogen and oxygen atoms in total. The Balaban J connectivity index is 1.16. The Hall–Kier alpha value is -5.00. The highest BCUT2D eigenvalue weighted by atomic mass is 32.9. The van der Waals surface area contributed by atoms with Gasteiger partial charge >= 0.3 is 0 Å². The van der Waals surface area contributed by atoms with Gasteiger partial charge in [-0.05, 0) is 104 Å². The topological polar surface area (TPSA) is 147 Å². The second kappa shape index (κ2) is 20.5. The van der Waals surface area contributed by atoms with E-state index in [2.05, 4.69) is 35.7 Å². The number of nitrogens with one attached hydrogen (secondary N) is 1. The van der Waals surface area contributed by atoms with E-state index in [1.807, 2.05) is 84.9 Å². The molecule has 68 heavy (non-hydrogen) atoms. The maximum absolute atomic E-state index is 13.4. The number of imidazole rings is 1. The number of hydrogen-bond acceptors (Lipinski definition) is 14. The van der Waals surface area contributed by atoms with Gasteiger partial charge in [0.2, 0.25) is 5.69 Å². The SMILES string of the molecule is C=C(C)[C@H]1CC[C@@]2(C)S[P@@](=S)(OC[C@H]3O[C@@H](n4cnc5c(NC(=O)c6ccccc6)ncnc54)[C@H](OCCOC)[C@@H]3OC(c3ccccc3)(c3ccc(OC)cc3)c3ccc(OC)cc3)O[C@@H]2C1. The van der Waals surface area contributed by atoms with E-state index in [4.69, 9.17) is 54.3 Å². The molecule has 0 unspecified atom stereocenters. The second-order valence-corrected chi connectivity index (χ2v) is 24.0. The van der Waals surface area contributed by atoms with Crippen LogP contribution in [0.25, 0.3) is 11.2 Å². The van der Waals surface area contributed by atoms with Gasteiger partial charge in [-0.1, -0.05) is 96.3 Å². The van der Waals surface area contributed by atoms with Crippen molar-refractivity contribution in [3.05, 3.63) is 156 Å². The van der Waals surface area contributed by atoms with Crippen LogP contribution in [0.1, 0.15) is 66.4 Å². The van der Waals surface area contributed by atoms with Crippen LogP contribution in [0.4, 0.5) is 5.82 Å². The molecule has 8 atom stereocenters. The third-order valence-corrected chi connectivity index (χ3v) is 18.9. The molecule has 0 radical (unpaired) electrons. The van der Waals surface area contributed by atoms with Crippen LogP contribution >= 0.6 is 17.1 Å². The van der Waals surface area contributed by atoms with Crippen molar-refractivity contribution < 1.29 is 42.3 Å². The number of anilines is 1. The number of methoxy groups -OCH3 is 3. The molecular formula is C51H56N5O9PS2. The van der Waals surface area contributed by atoms with Crippen LogP contribution in [0.5, 0.6) is 11.5 Å². The van der Waals surface area contributed by atoms with Gasteiger partial charge in [-0.25, -0.2) is 15.0 Å². The predicted octanol–water partition coefficient (Wildman–Crippen LogP) is 9.91. The van der Waals surface area contributed by atoms with E-state index in [1.165, 1.54) is 6.33 Å². The van der Waals surface area contributed by atoms with Gasteiger partial charge in [-0.2, -0.15) is 0 Å². The standard InChI is InChI=1S/C51H56N5O9PS2/c1-33(2)35-25-26-50(3)42(29-35)65-66(67,68-50)62-30-41-44(64-51(36-15-11-8-12-16-36,37-17-21-39(59-5)22-18-37)38-19-23-40(60-6)24-20-38)45(61-28-27-58-4)49(63-41)56-32-54-43-46(52-31-53-47(43)56)55-48(57)34-13-9-7-10-14-34/h7-24,31-32,35,41-42,44-45,49H,1,25-30H2,2-6H3,(H,52,53,55,57)/t35-,41+,42+,44+,45+,49+,50+,66-/m0/s1. The smallest absolute Gasteiger partial charge is 0.256 e. The molecule has 2 saturated heterocycles. The monoisotopic (exact) mass is 977 g/mol. The van der Waals surface area contributed by atoms with Crippen LogP contribution in [0.2, 0.25) is 0 Å². The molecule has 4 heterocycles. The first-order valence-corrected chi connectivity index (χ1v) is 26.6. The van der Waals surface area contributed by atoms with E-state index in [9.17, 15) is 4.79 Å². The highest BCUT2D eigenvalue weighted by Crippen LogP contribution is 2.75. The Kier molecular flexibility index (Phi) is 14.5. The van der Waals surface area contributed by atoms with Crippen molar-refractivity contribution in [1.29, 1.82) is 0 Å². The number of carbonyl (C=O) groups is 1. The van der Waals surface area contributed by atoms with Crippen molar-refractivity contribution in [3.8, 4) is 11.5 Å². The minimum absolute atomic E-state index is 0.0123. The van der Waals surface area contributed by atoms with Crippen LogP contribution in [-0.2, 0) is 45.4 Å².